The molecule has 1 unspecified atom stereocenters. The van der Waals surface area contributed by atoms with Crippen LogP contribution >= 0.6 is 0 Å². The fourth-order valence-corrected chi connectivity index (χ4v) is 2.55. The molecule has 0 aliphatic heterocycles. The third kappa shape index (κ3) is 2.45. The van der Waals surface area contributed by atoms with Gasteiger partial charge in [-0.2, -0.15) is 5.10 Å². The molecule has 3 nitrogen and oxygen atoms in total. The van der Waals surface area contributed by atoms with Gasteiger partial charge in [0.15, 0.2) is 0 Å². The Kier molecular flexibility index (Phi) is 3.52. The number of fused-ring (bicyclic) bond motifs is 1. The zero-order valence-corrected chi connectivity index (χ0v) is 11.9. The van der Waals surface area contributed by atoms with Crippen LogP contribution in [0.4, 0.5) is 0 Å². The molecule has 2 aromatic heterocycles. The largest absolute Gasteiger partial charge is 0.313 e. The Labute approximate surface area is 119 Å². The molecule has 0 spiro atoms. The number of hydrogen-bond donors (Lipinski definition) is 1. The second kappa shape index (κ2) is 5.47. The molecule has 3 rings (SSSR count). The van der Waals surface area contributed by atoms with E-state index >= 15 is 0 Å². The number of pyridine rings is 1. The number of nitrogens with zero attached hydrogens (tertiary/aromatic N) is 2. The van der Waals surface area contributed by atoms with Gasteiger partial charge >= 0.3 is 0 Å². The number of nitrogens with one attached hydrogen (secondary N) is 1. The van der Waals surface area contributed by atoms with E-state index in [0.717, 1.165) is 6.42 Å². The first-order valence-electron chi connectivity index (χ1n) is 6.93. The smallest absolute Gasteiger partial charge is 0.0709 e. The molecule has 0 radical (unpaired) electrons. The van der Waals surface area contributed by atoms with Gasteiger partial charge in [-0.05, 0) is 38.1 Å². The molecule has 102 valence electrons. The van der Waals surface area contributed by atoms with E-state index in [1.165, 1.54) is 22.2 Å². The van der Waals surface area contributed by atoms with Crippen molar-refractivity contribution < 1.29 is 0 Å². The maximum Gasteiger partial charge on any atom is 0.0709 e. The highest BCUT2D eigenvalue weighted by Gasteiger charge is 2.14. The molecule has 0 aliphatic rings. The maximum atomic E-state index is 4.42. The van der Waals surface area contributed by atoms with Gasteiger partial charge < -0.3 is 5.32 Å². The molecule has 0 saturated carbocycles. The van der Waals surface area contributed by atoms with Crippen LogP contribution in [0.2, 0.25) is 0 Å². The van der Waals surface area contributed by atoms with E-state index in [0.29, 0.717) is 0 Å². The Morgan fingerprint density at radius 3 is 2.70 bits per heavy atom. The van der Waals surface area contributed by atoms with Crippen molar-refractivity contribution in [2.24, 2.45) is 0 Å². The first-order chi connectivity index (χ1) is 9.78. The molecular formula is C17H19N3. The summed E-state index contributed by atoms with van der Waals surface area (Å²) in [5.74, 6) is 0. The Bertz CT molecular complexity index is 698. The van der Waals surface area contributed by atoms with Gasteiger partial charge in [-0.1, -0.05) is 35.9 Å². The highest BCUT2D eigenvalue weighted by molar-refractivity contribution is 5.55. The minimum Gasteiger partial charge on any atom is -0.313 e. The SMILES string of the molecule is CNC(Cc1ccc(C)cc1)c1cnn2ccccc12. The first kappa shape index (κ1) is 12.9. The fourth-order valence-electron chi connectivity index (χ4n) is 2.55. The molecule has 1 N–H and O–H groups in total. The average Bonchev–Trinajstić information content (AvgIpc) is 2.91. The summed E-state index contributed by atoms with van der Waals surface area (Å²) in [7, 11) is 2.01. The highest BCUT2D eigenvalue weighted by atomic mass is 15.2. The standard InChI is InChI=1S/C17H19N3/c1-13-6-8-14(9-7-13)11-16(18-2)15-12-19-20-10-4-3-5-17(15)20/h3-10,12,16,18H,11H2,1-2H3. The third-order valence-corrected chi connectivity index (χ3v) is 3.74. The van der Waals surface area contributed by atoms with Gasteiger partial charge in [-0.25, -0.2) is 4.52 Å². The van der Waals surface area contributed by atoms with Gasteiger partial charge in [0.05, 0.1) is 11.7 Å². The van der Waals surface area contributed by atoms with Crippen molar-refractivity contribution in [3.63, 3.8) is 0 Å². The van der Waals surface area contributed by atoms with Crippen LogP contribution in [0.25, 0.3) is 5.52 Å². The summed E-state index contributed by atoms with van der Waals surface area (Å²) >= 11 is 0. The summed E-state index contributed by atoms with van der Waals surface area (Å²) in [6.45, 7) is 2.12. The fraction of sp³-hybridized carbons (Fsp3) is 0.235. The van der Waals surface area contributed by atoms with Gasteiger partial charge in [-0.15, -0.1) is 0 Å². The molecule has 2 heterocycles. The molecular weight excluding hydrogens is 246 g/mol. The number of aryl methyl sites for hydroxylation is 1. The topological polar surface area (TPSA) is 29.3 Å². The van der Waals surface area contributed by atoms with Gasteiger partial charge in [0.2, 0.25) is 0 Å². The molecule has 3 aromatic rings. The third-order valence-electron chi connectivity index (χ3n) is 3.74. The van der Waals surface area contributed by atoms with E-state index in [-0.39, 0.29) is 6.04 Å². The lowest BCUT2D eigenvalue weighted by Gasteiger charge is -2.15. The van der Waals surface area contributed by atoms with Crippen molar-refractivity contribution in [3.05, 3.63) is 71.5 Å². The molecule has 3 heteroatoms. The number of likely N-dealkylation sites (N-methyl/N-ethyl adjacent to an activating group) is 1. The van der Waals surface area contributed by atoms with Gasteiger partial charge in [0, 0.05) is 17.8 Å². The first-order valence-corrected chi connectivity index (χ1v) is 6.93. The van der Waals surface area contributed by atoms with Crippen molar-refractivity contribution in [2.75, 3.05) is 7.05 Å². The van der Waals surface area contributed by atoms with Crippen molar-refractivity contribution in [1.29, 1.82) is 0 Å². The van der Waals surface area contributed by atoms with Crippen LogP contribution < -0.4 is 5.32 Å². The average molecular weight is 265 g/mol. The number of rotatable bonds is 4. The second-order valence-electron chi connectivity index (χ2n) is 5.16. The van der Waals surface area contributed by atoms with Crippen LogP contribution in [0, 0.1) is 6.92 Å². The van der Waals surface area contributed by atoms with Crippen molar-refractivity contribution in [3.8, 4) is 0 Å². The van der Waals surface area contributed by atoms with Gasteiger partial charge in [0.1, 0.15) is 0 Å². The van der Waals surface area contributed by atoms with E-state index < -0.39 is 0 Å². The van der Waals surface area contributed by atoms with Crippen LogP contribution in [-0.2, 0) is 6.42 Å². The van der Waals surface area contributed by atoms with Gasteiger partial charge in [0.25, 0.3) is 0 Å². The summed E-state index contributed by atoms with van der Waals surface area (Å²) in [5, 5.41) is 7.83. The highest BCUT2D eigenvalue weighted by Crippen LogP contribution is 2.22. The molecule has 0 aliphatic carbocycles. The minimum atomic E-state index is 0.276. The molecule has 0 amide bonds. The van der Waals surface area contributed by atoms with E-state index in [2.05, 4.69) is 53.7 Å². The van der Waals surface area contributed by atoms with E-state index in [1.807, 2.05) is 30.0 Å². The Hall–Kier alpha value is -2.13. The minimum absolute atomic E-state index is 0.276. The molecule has 20 heavy (non-hydrogen) atoms. The van der Waals surface area contributed by atoms with Gasteiger partial charge in [-0.3, -0.25) is 0 Å². The van der Waals surface area contributed by atoms with Crippen molar-refractivity contribution >= 4 is 5.52 Å². The summed E-state index contributed by atoms with van der Waals surface area (Å²) in [5.41, 5.74) is 5.05. The number of benzene rings is 1. The normalized spacial score (nSPS) is 12.7. The quantitative estimate of drug-likeness (QED) is 0.785. The van der Waals surface area contributed by atoms with Crippen LogP contribution in [-0.4, -0.2) is 16.7 Å². The van der Waals surface area contributed by atoms with Crippen LogP contribution in [0.5, 0.6) is 0 Å². The van der Waals surface area contributed by atoms with E-state index in [4.69, 9.17) is 0 Å². The van der Waals surface area contributed by atoms with E-state index in [1.54, 1.807) is 0 Å². The lowest BCUT2D eigenvalue weighted by molar-refractivity contribution is 0.596. The molecule has 1 aromatic carbocycles. The predicted octanol–water partition coefficient (Wildman–Crippen LogP) is 3.15. The lowest BCUT2D eigenvalue weighted by atomic mass is 9.99. The lowest BCUT2D eigenvalue weighted by Crippen LogP contribution is -2.18. The Morgan fingerprint density at radius 2 is 1.95 bits per heavy atom. The Morgan fingerprint density at radius 1 is 1.15 bits per heavy atom. The van der Waals surface area contributed by atoms with Crippen molar-refractivity contribution in [1.82, 2.24) is 14.9 Å². The maximum absolute atomic E-state index is 4.42. The zero-order chi connectivity index (χ0) is 13.9. The summed E-state index contributed by atoms with van der Waals surface area (Å²) in [6.07, 6.45) is 4.91. The molecule has 0 fully saturated rings. The zero-order valence-electron chi connectivity index (χ0n) is 11.9. The van der Waals surface area contributed by atoms with Crippen LogP contribution in [0.3, 0.4) is 0 Å². The summed E-state index contributed by atoms with van der Waals surface area (Å²) in [6, 6.07) is 15.2. The van der Waals surface area contributed by atoms with E-state index in [9.17, 15) is 0 Å². The molecule has 0 saturated heterocycles. The number of aromatic nitrogens is 2. The summed E-state index contributed by atoms with van der Waals surface area (Å²) < 4.78 is 1.93. The van der Waals surface area contributed by atoms with Crippen LogP contribution in [0.1, 0.15) is 22.7 Å². The second-order valence-corrected chi connectivity index (χ2v) is 5.16. The van der Waals surface area contributed by atoms with Crippen LogP contribution in [0.15, 0.2) is 54.9 Å². The predicted molar refractivity (Wildman–Crippen MR) is 81.9 cm³/mol. The number of hydrogen-bond acceptors (Lipinski definition) is 2. The monoisotopic (exact) mass is 265 g/mol. The molecule has 0 bridgehead atoms. The molecule has 1 atom stereocenters. The van der Waals surface area contributed by atoms with Crippen molar-refractivity contribution in [2.45, 2.75) is 19.4 Å². The Balaban J connectivity index is 1.91. The summed E-state index contributed by atoms with van der Waals surface area (Å²) in [4.78, 5) is 0.